The Hall–Kier alpha value is -8.50. The molecule has 0 aliphatic rings. The number of anilines is 6. The SMILES string of the molecule is COc1cc(N(c2ccccc2)c2ccc3c(ccc4c5ccc6c7ccc8cc(N(c9ccccc9)c9cc(OC)c(OC)c(OC)c9)ccc8c7oc6c5oc34)c2)cc(OC)c1OC. The van der Waals surface area contributed by atoms with Crippen LogP contribution in [0.25, 0.3) is 65.4 Å². The van der Waals surface area contributed by atoms with Crippen LogP contribution in [0.5, 0.6) is 34.5 Å². The summed E-state index contributed by atoms with van der Waals surface area (Å²) in [5.41, 5.74) is 8.55. The quantitative estimate of drug-likeness (QED) is 0.118. The maximum absolute atomic E-state index is 6.89. The third-order valence-corrected chi connectivity index (χ3v) is 12.4. The van der Waals surface area contributed by atoms with Crippen molar-refractivity contribution in [3.05, 3.63) is 158 Å². The first-order valence-corrected chi connectivity index (χ1v) is 21.4. The monoisotopic (exact) mass is 872 g/mol. The standard InChI is InChI=1S/C56H44N2O8/c1-59-47-29-39(30-48(60-2)55(47)63-5)57(35-13-9-7-10-14-35)37-19-23-41-33(27-37)17-21-43-45-25-26-46-44-22-18-34-28-38(20-24-42(34)52(44)66-54(46)53(45)65-51(41)43)58(36-15-11-8-12-16-36)40-31-49(61-3)56(64-6)50(32-40)62-4/h7-32H,1-6H3. The first kappa shape index (κ1) is 40.3. The van der Waals surface area contributed by atoms with Gasteiger partial charge in [-0.25, -0.2) is 0 Å². The molecule has 11 rings (SSSR count). The summed E-state index contributed by atoms with van der Waals surface area (Å²) in [6, 6.07) is 53.9. The molecule has 9 aromatic carbocycles. The molecule has 326 valence electrons. The molecule has 2 aromatic heterocycles. The number of para-hydroxylation sites is 2. The minimum absolute atomic E-state index is 0.530. The van der Waals surface area contributed by atoms with Crippen molar-refractivity contribution < 1.29 is 37.3 Å². The van der Waals surface area contributed by atoms with E-state index >= 15 is 0 Å². The van der Waals surface area contributed by atoms with E-state index < -0.39 is 0 Å². The lowest BCUT2D eigenvalue weighted by atomic mass is 10.0. The second kappa shape index (κ2) is 16.2. The molecule has 66 heavy (non-hydrogen) atoms. The van der Waals surface area contributed by atoms with E-state index in [9.17, 15) is 0 Å². The minimum atomic E-state index is 0.530. The van der Waals surface area contributed by atoms with Gasteiger partial charge in [-0.1, -0.05) is 48.5 Å². The van der Waals surface area contributed by atoms with E-state index in [0.717, 1.165) is 88.4 Å². The molecule has 0 spiro atoms. The van der Waals surface area contributed by atoms with E-state index in [-0.39, 0.29) is 0 Å². The summed E-state index contributed by atoms with van der Waals surface area (Å²) >= 11 is 0. The lowest BCUT2D eigenvalue weighted by Gasteiger charge is -2.27. The molecular weight excluding hydrogens is 829 g/mol. The summed E-state index contributed by atoms with van der Waals surface area (Å²) < 4.78 is 48.1. The maximum Gasteiger partial charge on any atom is 0.203 e. The first-order chi connectivity index (χ1) is 32.4. The van der Waals surface area contributed by atoms with Crippen molar-refractivity contribution in [2.75, 3.05) is 52.5 Å². The summed E-state index contributed by atoms with van der Waals surface area (Å²) in [6.07, 6.45) is 0. The van der Waals surface area contributed by atoms with Gasteiger partial charge in [0.25, 0.3) is 0 Å². The van der Waals surface area contributed by atoms with Gasteiger partial charge >= 0.3 is 0 Å². The van der Waals surface area contributed by atoms with E-state index in [0.29, 0.717) is 45.7 Å². The van der Waals surface area contributed by atoms with E-state index in [1.165, 1.54) is 0 Å². The lowest BCUT2D eigenvalue weighted by molar-refractivity contribution is 0.324. The number of hydrogen-bond donors (Lipinski definition) is 0. The Bertz CT molecular complexity index is 3350. The van der Waals surface area contributed by atoms with Gasteiger partial charge < -0.3 is 47.1 Å². The fraction of sp³-hybridized carbons (Fsp3) is 0.107. The van der Waals surface area contributed by atoms with Crippen LogP contribution in [0.3, 0.4) is 0 Å². The van der Waals surface area contributed by atoms with Crippen molar-refractivity contribution >= 4 is 99.5 Å². The van der Waals surface area contributed by atoms with E-state index in [1.54, 1.807) is 42.7 Å². The topological polar surface area (TPSA) is 88.1 Å². The van der Waals surface area contributed by atoms with Crippen molar-refractivity contribution in [2.45, 2.75) is 0 Å². The lowest BCUT2D eigenvalue weighted by Crippen LogP contribution is -2.10. The molecule has 0 atom stereocenters. The molecule has 0 saturated heterocycles. The molecule has 0 bridgehead atoms. The summed E-state index contributed by atoms with van der Waals surface area (Å²) in [6.45, 7) is 0. The zero-order chi connectivity index (χ0) is 45.1. The molecule has 0 aliphatic heterocycles. The highest BCUT2D eigenvalue weighted by Crippen LogP contribution is 2.49. The molecule has 0 amide bonds. The zero-order valence-corrected chi connectivity index (χ0v) is 37.2. The molecule has 0 unspecified atom stereocenters. The highest BCUT2D eigenvalue weighted by Gasteiger charge is 2.24. The smallest absolute Gasteiger partial charge is 0.203 e. The summed E-state index contributed by atoms with van der Waals surface area (Å²) in [5.74, 6) is 3.32. The number of ether oxygens (including phenoxy) is 6. The molecule has 0 N–H and O–H groups in total. The van der Waals surface area contributed by atoms with Gasteiger partial charge in [-0.15, -0.1) is 0 Å². The summed E-state index contributed by atoms with van der Waals surface area (Å²) in [5, 5.41) is 8.02. The molecule has 10 nitrogen and oxygen atoms in total. The predicted molar refractivity (Wildman–Crippen MR) is 265 cm³/mol. The van der Waals surface area contributed by atoms with Crippen LogP contribution in [-0.4, -0.2) is 42.7 Å². The number of furan rings is 2. The summed E-state index contributed by atoms with van der Waals surface area (Å²) in [4.78, 5) is 4.34. The first-order valence-electron chi connectivity index (χ1n) is 21.4. The van der Waals surface area contributed by atoms with Crippen LogP contribution < -0.4 is 38.2 Å². The predicted octanol–water partition coefficient (Wildman–Crippen LogP) is 14.8. The Labute approximate surface area is 380 Å². The highest BCUT2D eigenvalue weighted by molar-refractivity contribution is 6.24. The van der Waals surface area contributed by atoms with Gasteiger partial charge in [0, 0.05) is 79.3 Å². The van der Waals surface area contributed by atoms with Gasteiger partial charge in [-0.2, -0.15) is 0 Å². The third kappa shape index (κ3) is 6.40. The molecule has 0 aliphatic carbocycles. The number of nitrogens with zero attached hydrogens (tertiary/aromatic N) is 2. The number of hydrogen-bond acceptors (Lipinski definition) is 10. The van der Waals surface area contributed by atoms with Gasteiger partial charge in [0.2, 0.25) is 11.5 Å². The van der Waals surface area contributed by atoms with Crippen LogP contribution in [-0.2, 0) is 0 Å². The molecule has 0 fully saturated rings. The van der Waals surface area contributed by atoms with E-state index in [4.69, 9.17) is 37.3 Å². The second-order valence-electron chi connectivity index (χ2n) is 15.8. The maximum atomic E-state index is 6.89. The third-order valence-electron chi connectivity index (χ3n) is 12.4. The van der Waals surface area contributed by atoms with Crippen LogP contribution in [0.4, 0.5) is 34.1 Å². The van der Waals surface area contributed by atoms with Crippen molar-refractivity contribution in [3.63, 3.8) is 0 Å². The number of benzene rings is 9. The van der Waals surface area contributed by atoms with Gasteiger partial charge in [0.15, 0.2) is 34.2 Å². The number of methoxy groups -OCH3 is 6. The second-order valence-corrected chi connectivity index (χ2v) is 15.8. The molecule has 0 saturated carbocycles. The van der Waals surface area contributed by atoms with Gasteiger partial charge in [0.1, 0.15) is 11.2 Å². The van der Waals surface area contributed by atoms with Crippen LogP contribution >= 0.6 is 0 Å². The average Bonchev–Trinajstić information content (AvgIpc) is 3.95. The molecular formula is C56H44N2O8. The van der Waals surface area contributed by atoms with Crippen LogP contribution in [0.15, 0.2) is 167 Å². The van der Waals surface area contributed by atoms with E-state index in [1.807, 2.05) is 60.7 Å². The largest absolute Gasteiger partial charge is 0.493 e. The van der Waals surface area contributed by atoms with Gasteiger partial charge in [-0.05, 0) is 95.7 Å². The molecule has 0 radical (unpaired) electrons. The van der Waals surface area contributed by atoms with Crippen LogP contribution in [0, 0.1) is 0 Å². The van der Waals surface area contributed by atoms with Crippen LogP contribution in [0.1, 0.15) is 0 Å². The molecule has 11 aromatic rings. The van der Waals surface area contributed by atoms with E-state index in [2.05, 4.69) is 107 Å². The Kier molecular flexibility index (Phi) is 9.92. The number of fused-ring (bicyclic) bond motifs is 11. The fourth-order valence-electron chi connectivity index (χ4n) is 9.33. The molecule has 2 heterocycles. The highest BCUT2D eigenvalue weighted by atomic mass is 16.5. The van der Waals surface area contributed by atoms with Gasteiger partial charge in [0.05, 0.1) is 54.0 Å². The Morgan fingerprint density at radius 2 is 0.621 bits per heavy atom. The Morgan fingerprint density at radius 1 is 0.288 bits per heavy atom. The normalized spacial score (nSPS) is 11.5. The molecule has 10 heteroatoms. The zero-order valence-electron chi connectivity index (χ0n) is 37.2. The van der Waals surface area contributed by atoms with Crippen molar-refractivity contribution in [3.8, 4) is 34.5 Å². The van der Waals surface area contributed by atoms with Crippen molar-refractivity contribution in [1.29, 1.82) is 0 Å². The Balaban J connectivity index is 1.03. The van der Waals surface area contributed by atoms with Crippen LogP contribution in [0.2, 0.25) is 0 Å². The van der Waals surface area contributed by atoms with Crippen molar-refractivity contribution in [2.24, 2.45) is 0 Å². The number of rotatable bonds is 12. The fourth-order valence-corrected chi connectivity index (χ4v) is 9.33. The van der Waals surface area contributed by atoms with Gasteiger partial charge in [-0.3, -0.25) is 0 Å². The summed E-state index contributed by atoms with van der Waals surface area (Å²) in [7, 11) is 9.72. The average molecular weight is 873 g/mol. The Morgan fingerprint density at radius 3 is 0.970 bits per heavy atom. The van der Waals surface area contributed by atoms with Crippen molar-refractivity contribution in [1.82, 2.24) is 0 Å². The minimum Gasteiger partial charge on any atom is -0.493 e.